The van der Waals surface area contributed by atoms with Gasteiger partial charge in [-0.1, -0.05) is 13.3 Å². The van der Waals surface area contributed by atoms with E-state index in [0.717, 1.165) is 25.8 Å². The summed E-state index contributed by atoms with van der Waals surface area (Å²) in [5.41, 5.74) is 0.489. The van der Waals surface area contributed by atoms with Gasteiger partial charge in [-0.15, -0.1) is 0 Å². The second-order valence-corrected chi connectivity index (χ2v) is 8.16. The Balaban J connectivity index is 1.85. The zero-order valence-electron chi connectivity index (χ0n) is 13.9. The van der Waals surface area contributed by atoms with Gasteiger partial charge < -0.3 is 5.32 Å². The van der Waals surface area contributed by atoms with Crippen LogP contribution >= 0.6 is 0 Å². The second kappa shape index (κ2) is 7.93. The van der Waals surface area contributed by atoms with Gasteiger partial charge in [-0.3, -0.25) is 9.69 Å². The Morgan fingerprint density at radius 2 is 1.96 bits per heavy atom. The van der Waals surface area contributed by atoms with Crippen molar-refractivity contribution in [2.75, 3.05) is 25.9 Å². The van der Waals surface area contributed by atoms with Gasteiger partial charge in [0.15, 0.2) is 9.84 Å². The molecule has 1 heterocycles. The van der Waals surface area contributed by atoms with E-state index in [4.69, 9.17) is 0 Å². The highest BCUT2D eigenvalue weighted by molar-refractivity contribution is 7.90. The molecule has 0 spiro atoms. The van der Waals surface area contributed by atoms with Crippen LogP contribution in [0.3, 0.4) is 0 Å². The molecule has 0 aliphatic carbocycles. The third-order valence-corrected chi connectivity index (χ3v) is 5.58. The summed E-state index contributed by atoms with van der Waals surface area (Å²) in [6, 6.07) is 6.70. The van der Waals surface area contributed by atoms with Crippen LogP contribution < -0.4 is 5.32 Å². The highest BCUT2D eigenvalue weighted by atomic mass is 32.2. The number of rotatable bonds is 6. The fourth-order valence-electron chi connectivity index (χ4n) is 3.09. The van der Waals surface area contributed by atoms with E-state index in [1.165, 1.54) is 31.4 Å². The monoisotopic (exact) mass is 338 g/mol. The Labute approximate surface area is 139 Å². The number of carbonyl (C=O) groups excluding carboxylic acids is 1. The van der Waals surface area contributed by atoms with E-state index in [-0.39, 0.29) is 10.8 Å². The van der Waals surface area contributed by atoms with Crippen molar-refractivity contribution in [2.45, 2.75) is 43.5 Å². The molecule has 1 N–H and O–H groups in total. The number of sulfone groups is 1. The summed E-state index contributed by atoms with van der Waals surface area (Å²) >= 11 is 0. The molecule has 6 heteroatoms. The van der Waals surface area contributed by atoms with Crippen LogP contribution in [0.1, 0.15) is 43.0 Å². The van der Waals surface area contributed by atoms with E-state index in [0.29, 0.717) is 18.2 Å². The normalized spacial score (nSPS) is 19.5. The maximum absolute atomic E-state index is 12.1. The van der Waals surface area contributed by atoms with Crippen molar-refractivity contribution >= 4 is 15.7 Å². The molecule has 5 nitrogen and oxygen atoms in total. The van der Waals surface area contributed by atoms with Crippen LogP contribution in [-0.2, 0) is 9.84 Å². The van der Waals surface area contributed by atoms with Crippen LogP contribution in [0, 0.1) is 0 Å². The summed E-state index contributed by atoms with van der Waals surface area (Å²) in [4.78, 5) is 14.8. The van der Waals surface area contributed by atoms with Gasteiger partial charge in [-0.25, -0.2) is 8.42 Å². The molecule has 1 saturated heterocycles. The van der Waals surface area contributed by atoms with Crippen LogP contribution in [0.15, 0.2) is 29.2 Å². The molecule has 0 aromatic heterocycles. The zero-order valence-corrected chi connectivity index (χ0v) is 14.7. The van der Waals surface area contributed by atoms with Crippen molar-refractivity contribution in [2.24, 2.45) is 0 Å². The Kier molecular flexibility index (Phi) is 6.18. The first-order chi connectivity index (χ1) is 10.9. The summed E-state index contributed by atoms with van der Waals surface area (Å²) in [7, 11) is -3.22. The summed E-state index contributed by atoms with van der Waals surface area (Å²) in [6.07, 6.45) is 6.09. The van der Waals surface area contributed by atoms with Gasteiger partial charge in [-0.05, 0) is 50.1 Å². The van der Waals surface area contributed by atoms with E-state index in [1.807, 2.05) is 0 Å². The number of nitrogens with one attached hydrogen (secondary N) is 1. The molecule has 1 aromatic carbocycles. The minimum absolute atomic E-state index is 0.157. The molecular weight excluding hydrogens is 312 g/mol. The fourth-order valence-corrected chi connectivity index (χ4v) is 3.72. The summed E-state index contributed by atoms with van der Waals surface area (Å²) < 4.78 is 22.8. The third-order valence-electron chi connectivity index (χ3n) is 4.45. The van der Waals surface area contributed by atoms with E-state index < -0.39 is 9.84 Å². The average molecular weight is 338 g/mol. The molecule has 1 amide bonds. The molecule has 128 valence electrons. The van der Waals surface area contributed by atoms with Gasteiger partial charge in [0.25, 0.3) is 5.91 Å². The van der Waals surface area contributed by atoms with Crippen LogP contribution in [0.2, 0.25) is 0 Å². The molecule has 1 aliphatic rings. The van der Waals surface area contributed by atoms with Crippen molar-refractivity contribution in [3.8, 4) is 0 Å². The molecule has 1 aromatic rings. The van der Waals surface area contributed by atoms with Crippen molar-refractivity contribution in [3.05, 3.63) is 29.8 Å². The number of hydrogen-bond acceptors (Lipinski definition) is 4. The lowest BCUT2D eigenvalue weighted by molar-refractivity contribution is 0.0934. The SMILES string of the molecule is CCC1CCCCN1CCNC(=O)c1ccc(S(C)(=O)=O)cc1. The summed E-state index contributed by atoms with van der Waals surface area (Å²) in [5, 5.41) is 2.92. The van der Waals surface area contributed by atoms with Crippen molar-refractivity contribution in [3.63, 3.8) is 0 Å². The molecular formula is C17H26N2O3S. The Morgan fingerprint density at radius 3 is 2.57 bits per heavy atom. The molecule has 2 rings (SSSR count). The summed E-state index contributed by atoms with van der Waals surface area (Å²) in [6.45, 7) is 4.80. The number of nitrogens with zero attached hydrogens (tertiary/aromatic N) is 1. The number of hydrogen-bond donors (Lipinski definition) is 1. The Morgan fingerprint density at radius 1 is 1.26 bits per heavy atom. The third kappa shape index (κ3) is 5.04. The molecule has 23 heavy (non-hydrogen) atoms. The molecule has 0 saturated carbocycles. The smallest absolute Gasteiger partial charge is 0.251 e. The maximum Gasteiger partial charge on any atom is 0.251 e. The molecule has 0 bridgehead atoms. The predicted octanol–water partition coefficient (Wildman–Crippen LogP) is 2.08. The van der Waals surface area contributed by atoms with Crippen molar-refractivity contribution in [1.29, 1.82) is 0 Å². The van der Waals surface area contributed by atoms with Gasteiger partial charge in [0.1, 0.15) is 0 Å². The Hall–Kier alpha value is -1.40. The van der Waals surface area contributed by atoms with Gasteiger partial charge in [0, 0.05) is 31.0 Å². The van der Waals surface area contributed by atoms with Crippen LogP contribution in [-0.4, -0.2) is 51.2 Å². The van der Waals surface area contributed by atoms with Gasteiger partial charge in [-0.2, -0.15) is 0 Å². The van der Waals surface area contributed by atoms with Crippen molar-refractivity contribution in [1.82, 2.24) is 10.2 Å². The first-order valence-electron chi connectivity index (χ1n) is 8.24. The first-order valence-corrected chi connectivity index (χ1v) is 10.1. The lowest BCUT2D eigenvalue weighted by Crippen LogP contribution is -2.43. The quantitative estimate of drug-likeness (QED) is 0.862. The van der Waals surface area contributed by atoms with Crippen molar-refractivity contribution < 1.29 is 13.2 Å². The number of carbonyl (C=O) groups is 1. The zero-order chi connectivity index (χ0) is 16.9. The number of amides is 1. The van der Waals surface area contributed by atoms with Gasteiger partial charge >= 0.3 is 0 Å². The van der Waals surface area contributed by atoms with Gasteiger partial charge in [0.05, 0.1) is 4.90 Å². The first kappa shape index (κ1) is 17.9. The Bertz CT molecular complexity index is 626. The minimum Gasteiger partial charge on any atom is -0.351 e. The maximum atomic E-state index is 12.1. The minimum atomic E-state index is -3.22. The van der Waals surface area contributed by atoms with Crippen LogP contribution in [0.25, 0.3) is 0 Å². The topological polar surface area (TPSA) is 66.5 Å². The molecule has 1 unspecified atom stereocenters. The fraction of sp³-hybridized carbons (Fsp3) is 0.588. The highest BCUT2D eigenvalue weighted by Crippen LogP contribution is 2.18. The standard InChI is InChI=1S/C17H26N2O3S/c1-3-15-6-4-5-12-19(15)13-11-18-17(20)14-7-9-16(10-8-14)23(2,21)22/h7-10,15H,3-6,11-13H2,1-2H3,(H,18,20). The largest absolute Gasteiger partial charge is 0.351 e. The van der Waals surface area contributed by atoms with E-state index in [2.05, 4.69) is 17.1 Å². The van der Waals surface area contributed by atoms with E-state index in [9.17, 15) is 13.2 Å². The molecule has 1 aliphatic heterocycles. The van der Waals surface area contributed by atoms with E-state index >= 15 is 0 Å². The average Bonchev–Trinajstić information content (AvgIpc) is 2.54. The van der Waals surface area contributed by atoms with Gasteiger partial charge in [0.2, 0.25) is 0 Å². The second-order valence-electron chi connectivity index (χ2n) is 6.15. The number of benzene rings is 1. The lowest BCUT2D eigenvalue weighted by Gasteiger charge is -2.35. The highest BCUT2D eigenvalue weighted by Gasteiger charge is 2.20. The molecule has 1 fully saturated rings. The lowest BCUT2D eigenvalue weighted by atomic mass is 10.0. The van der Waals surface area contributed by atoms with Crippen LogP contribution in [0.5, 0.6) is 0 Å². The van der Waals surface area contributed by atoms with Crippen LogP contribution in [0.4, 0.5) is 0 Å². The number of likely N-dealkylation sites (tertiary alicyclic amines) is 1. The number of piperidine rings is 1. The summed E-state index contributed by atoms with van der Waals surface area (Å²) in [5.74, 6) is -0.157. The molecule has 1 atom stereocenters. The molecule has 0 radical (unpaired) electrons. The van der Waals surface area contributed by atoms with E-state index in [1.54, 1.807) is 12.1 Å². The predicted molar refractivity (Wildman–Crippen MR) is 91.4 cm³/mol.